The van der Waals surface area contributed by atoms with Gasteiger partial charge in [0.15, 0.2) is 0 Å². The maximum absolute atomic E-state index is 13.3. The number of fused-ring (bicyclic) bond motifs is 1. The first-order valence-corrected chi connectivity index (χ1v) is 8.47. The van der Waals surface area contributed by atoms with Crippen LogP contribution in [0.2, 0.25) is 0 Å². The number of rotatable bonds is 4. The predicted octanol–water partition coefficient (Wildman–Crippen LogP) is 3.64. The number of nitrogens with one attached hydrogen (secondary N) is 1. The lowest BCUT2D eigenvalue weighted by molar-refractivity contribution is 0.193. The van der Waals surface area contributed by atoms with Crippen molar-refractivity contribution >= 4 is 29.8 Å². The Morgan fingerprint density at radius 3 is 2.75 bits per heavy atom. The molecule has 1 unspecified atom stereocenters. The number of urea groups is 1. The van der Waals surface area contributed by atoms with Crippen LogP contribution in [0, 0.1) is 5.82 Å². The first kappa shape index (κ1) is 18.7. The topological polar surface area (TPSA) is 35.6 Å². The number of benzene rings is 1. The molecule has 1 atom stereocenters. The second kappa shape index (κ2) is 7.96. The van der Waals surface area contributed by atoms with Crippen molar-refractivity contribution in [2.24, 2.45) is 0 Å². The van der Waals surface area contributed by atoms with Crippen molar-refractivity contribution in [3.8, 4) is 0 Å². The zero-order chi connectivity index (χ0) is 16.4. The lowest BCUT2D eigenvalue weighted by Crippen LogP contribution is -2.40. The Morgan fingerprint density at radius 1 is 1.33 bits per heavy atom. The molecule has 3 rings (SSSR count). The molecule has 1 aromatic carbocycles. The molecule has 0 saturated carbocycles. The van der Waals surface area contributed by atoms with E-state index in [-0.39, 0.29) is 30.3 Å². The quantitative estimate of drug-likeness (QED) is 0.893. The number of carbonyl (C=O) groups is 1. The fourth-order valence-electron chi connectivity index (χ4n) is 2.87. The highest BCUT2D eigenvalue weighted by Gasteiger charge is 2.24. The van der Waals surface area contributed by atoms with Crippen LogP contribution in [-0.2, 0) is 13.1 Å². The highest BCUT2D eigenvalue weighted by molar-refractivity contribution is 7.07. The molecule has 0 fully saturated rings. The van der Waals surface area contributed by atoms with Gasteiger partial charge in [-0.05, 0) is 59.7 Å². The lowest BCUT2D eigenvalue weighted by atomic mass is 10.1. The molecule has 4 nitrogen and oxygen atoms in total. The van der Waals surface area contributed by atoms with Crippen molar-refractivity contribution in [3.63, 3.8) is 0 Å². The minimum atomic E-state index is -0.254. The zero-order valence-corrected chi connectivity index (χ0v) is 15.3. The van der Waals surface area contributed by atoms with Gasteiger partial charge >= 0.3 is 6.03 Å². The van der Waals surface area contributed by atoms with Gasteiger partial charge in [0.2, 0.25) is 0 Å². The van der Waals surface area contributed by atoms with Gasteiger partial charge in [-0.1, -0.05) is 6.07 Å². The van der Waals surface area contributed by atoms with Crippen molar-refractivity contribution in [1.29, 1.82) is 0 Å². The summed E-state index contributed by atoms with van der Waals surface area (Å²) in [4.78, 5) is 16.2. The standard InChI is InChI=1S/C17H20FN3OS.ClH/c1-20(2)16(13-5-6-23-11-13)8-19-17(22)21-9-12-3-4-15(18)7-14(12)10-21;/h3-7,11,16H,8-10H2,1-2H3,(H,19,22);1H. The summed E-state index contributed by atoms with van der Waals surface area (Å²) in [5.74, 6) is -0.254. The Bertz CT molecular complexity index is 693. The third-order valence-electron chi connectivity index (χ3n) is 4.18. The smallest absolute Gasteiger partial charge is 0.318 e. The summed E-state index contributed by atoms with van der Waals surface area (Å²) in [6.45, 7) is 1.54. The molecule has 0 radical (unpaired) electrons. The SMILES string of the molecule is CN(C)C(CNC(=O)N1Cc2ccc(F)cc2C1)c1ccsc1.Cl. The zero-order valence-electron chi connectivity index (χ0n) is 13.7. The van der Waals surface area contributed by atoms with Crippen molar-refractivity contribution in [1.82, 2.24) is 15.1 Å². The fraction of sp³-hybridized carbons (Fsp3) is 0.353. The van der Waals surface area contributed by atoms with Crippen LogP contribution in [0.25, 0.3) is 0 Å². The number of thiophene rings is 1. The molecule has 7 heteroatoms. The molecular formula is C17H21ClFN3OS. The molecular weight excluding hydrogens is 349 g/mol. The molecule has 1 N–H and O–H groups in total. The largest absolute Gasteiger partial charge is 0.336 e. The van der Waals surface area contributed by atoms with E-state index in [0.29, 0.717) is 19.6 Å². The van der Waals surface area contributed by atoms with Gasteiger partial charge in [-0.25, -0.2) is 9.18 Å². The summed E-state index contributed by atoms with van der Waals surface area (Å²) in [5, 5.41) is 7.14. The van der Waals surface area contributed by atoms with E-state index in [1.807, 2.05) is 19.5 Å². The third-order valence-corrected chi connectivity index (χ3v) is 4.88. The van der Waals surface area contributed by atoms with Crippen LogP contribution in [0.3, 0.4) is 0 Å². The first-order valence-electron chi connectivity index (χ1n) is 7.53. The van der Waals surface area contributed by atoms with Crippen LogP contribution in [0.5, 0.6) is 0 Å². The molecule has 1 aromatic heterocycles. The first-order chi connectivity index (χ1) is 11.0. The maximum atomic E-state index is 13.3. The Labute approximate surface area is 151 Å². The minimum absolute atomic E-state index is 0. The highest BCUT2D eigenvalue weighted by atomic mass is 35.5. The summed E-state index contributed by atoms with van der Waals surface area (Å²) < 4.78 is 13.3. The number of hydrogen-bond acceptors (Lipinski definition) is 3. The van der Waals surface area contributed by atoms with Crippen LogP contribution in [0.1, 0.15) is 22.7 Å². The molecule has 0 saturated heterocycles. The number of amides is 2. The van der Waals surface area contributed by atoms with E-state index in [9.17, 15) is 9.18 Å². The number of hydrogen-bond donors (Lipinski definition) is 1. The summed E-state index contributed by atoms with van der Waals surface area (Å²) in [5.41, 5.74) is 3.11. The van der Waals surface area contributed by atoms with Crippen molar-refractivity contribution in [2.75, 3.05) is 20.6 Å². The second-order valence-corrected chi connectivity index (χ2v) is 6.77. The molecule has 1 aliphatic rings. The van der Waals surface area contributed by atoms with E-state index in [4.69, 9.17) is 0 Å². The Balaban J connectivity index is 0.00000208. The Kier molecular flexibility index (Phi) is 6.21. The Morgan fingerprint density at radius 2 is 2.08 bits per heavy atom. The van der Waals surface area contributed by atoms with Gasteiger partial charge in [0.05, 0.1) is 6.04 Å². The number of halogens is 2. The summed E-state index contributed by atoms with van der Waals surface area (Å²) >= 11 is 1.65. The number of nitrogens with zero attached hydrogens (tertiary/aromatic N) is 2. The van der Waals surface area contributed by atoms with Crippen LogP contribution in [0.15, 0.2) is 35.0 Å². The fourth-order valence-corrected chi connectivity index (χ4v) is 3.57. The molecule has 2 aromatic rings. The maximum Gasteiger partial charge on any atom is 0.318 e. The second-order valence-electron chi connectivity index (χ2n) is 5.99. The highest BCUT2D eigenvalue weighted by Crippen LogP contribution is 2.24. The van der Waals surface area contributed by atoms with Gasteiger partial charge < -0.3 is 15.1 Å². The van der Waals surface area contributed by atoms with Gasteiger partial charge in [0.1, 0.15) is 5.82 Å². The monoisotopic (exact) mass is 369 g/mol. The van der Waals surface area contributed by atoms with Crippen molar-refractivity contribution in [2.45, 2.75) is 19.1 Å². The average Bonchev–Trinajstić information content (AvgIpc) is 3.15. The lowest BCUT2D eigenvalue weighted by Gasteiger charge is -2.25. The number of likely N-dealkylation sites (N-methyl/N-ethyl adjacent to an activating group) is 1. The minimum Gasteiger partial charge on any atom is -0.336 e. The van der Waals surface area contributed by atoms with Gasteiger partial charge in [0, 0.05) is 19.6 Å². The van der Waals surface area contributed by atoms with E-state index in [1.54, 1.807) is 22.3 Å². The third kappa shape index (κ3) is 4.06. The molecule has 130 valence electrons. The normalized spacial score (nSPS) is 14.2. The Hall–Kier alpha value is -1.63. The van der Waals surface area contributed by atoms with Gasteiger partial charge in [-0.15, -0.1) is 12.4 Å². The van der Waals surface area contributed by atoms with Crippen LogP contribution >= 0.6 is 23.7 Å². The van der Waals surface area contributed by atoms with Gasteiger partial charge in [0.25, 0.3) is 0 Å². The van der Waals surface area contributed by atoms with E-state index in [0.717, 1.165) is 11.1 Å². The summed E-state index contributed by atoms with van der Waals surface area (Å²) in [6, 6.07) is 6.83. The molecule has 2 amide bonds. The number of carbonyl (C=O) groups excluding carboxylic acids is 1. The molecule has 2 heterocycles. The average molecular weight is 370 g/mol. The predicted molar refractivity (Wildman–Crippen MR) is 97.0 cm³/mol. The van der Waals surface area contributed by atoms with Crippen LogP contribution < -0.4 is 5.32 Å². The molecule has 1 aliphatic heterocycles. The molecule has 0 spiro atoms. The van der Waals surface area contributed by atoms with Crippen molar-refractivity contribution < 1.29 is 9.18 Å². The molecule has 0 aliphatic carbocycles. The summed E-state index contributed by atoms with van der Waals surface area (Å²) in [6.07, 6.45) is 0. The van der Waals surface area contributed by atoms with Gasteiger partial charge in [-0.3, -0.25) is 0 Å². The van der Waals surface area contributed by atoms with Gasteiger partial charge in [-0.2, -0.15) is 11.3 Å². The molecule has 24 heavy (non-hydrogen) atoms. The van der Waals surface area contributed by atoms with E-state index in [2.05, 4.69) is 21.7 Å². The van der Waals surface area contributed by atoms with E-state index < -0.39 is 0 Å². The molecule has 0 bridgehead atoms. The van der Waals surface area contributed by atoms with E-state index >= 15 is 0 Å². The van der Waals surface area contributed by atoms with E-state index in [1.165, 1.54) is 17.7 Å². The van der Waals surface area contributed by atoms with Crippen LogP contribution in [-0.4, -0.2) is 36.5 Å². The van der Waals surface area contributed by atoms with Crippen LogP contribution in [0.4, 0.5) is 9.18 Å². The van der Waals surface area contributed by atoms with Crippen molar-refractivity contribution in [3.05, 3.63) is 57.5 Å². The summed E-state index contributed by atoms with van der Waals surface area (Å²) in [7, 11) is 4.01.